The second-order valence-corrected chi connectivity index (χ2v) is 8.36. The fraction of sp³-hybridized carbons (Fsp3) is 0.348. The number of hydrogen-bond acceptors (Lipinski definition) is 5. The summed E-state index contributed by atoms with van der Waals surface area (Å²) >= 11 is 0. The molecule has 4 rings (SSSR count). The van der Waals surface area contributed by atoms with Crippen LogP contribution in [0.1, 0.15) is 32.9 Å². The highest BCUT2D eigenvalue weighted by molar-refractivity contribution is 5.97. The molecule has 0 saturated carbocycles. The number of fused-ring (bicyclic) bond motifs is 1. The number of pyridine rings is 2. The number of nitrogens with zero attached hydrogens (tertiary/aromatic N) is 3. The van der Waals surface area contributed by atoms with Crippen molar-refractivity contribution in [1.82, 2.24) is 19.9 Å². The lowest BCUT2D eigenvalue weighted by Gasteiger charge is -2.29. The zero-order chi connectivity index (χ0) is 21.3. The predicted molar refractivity (Wildman–Crippen MR) is 119 cm³/mol. The van der Waals surface area contributed by atoms with Gasteiger partial charge in [-0.2, -0.15) is 0 Å². The molecule has 0 aliphatic carbocycles. The van der Waals surface area contributed by atoms with E-state index in [4.69, 9.17) is 4.74 Å². The Hall–Kier alpha value is -3.35. The smallest absolute Gasteiger partial charge is 0.410 e. The second kappa shape index (κ2) is 7.82. The molecule has 3 aromatic heterocycles. The topological polar surface area (TPSA) is 83.1 Å². The summed E-state index contributed by atoms with van der Waals surface area (Å²) in [7, 11) is 1.87. The number of aromatic amines is 1. The van der Waals surface area contributed by atoms with Gasteiger partial charge in [0, 0.05) is 49.2 Å². The Labute approximate surface area is 176 Å². The quantitative estimate of drug-likeness (QED) is 0.660. The molecule has 0 aromatic carbocycles. The molecule has 0 saturated heterocycles. The molecule has 0 unspecified atom stereocenters. The third-order valence-corrected chi connectivity index (χ3v) is 5.07. The van der Waals surface area contributed by atoms with E-state index in [0.29, 0.717) is 13.1 Å². The number of amides is 1. The highest BCUT2D eigenvalue weighted by Crippen LogP contribution is 2.34. The van der Waals surface area contributed by atoms with Gasteiger partial charge in [0.05, 0.1) is 0 Å². The lowest BCUT2D eigenvalue weighted by atomic mass is 10.0. The number of aromatic nitrogens is 3. The number of rotatable bonds is 3. The van der Waals surface area contributed by atoms with E-state index in [1.807, 2.05) is 46.1 Å². The van der Waals surface area contributed by atoms with Gasteiger partial charge in [-0.3, -0.25) is 0 Å². The molecule has 0 spiro atoms. The van der Waals surface area contributed by atoms with Crippen molar-refractivity contribution in [3.05, 3.63) is 48.4 Å². The van der Waals surface area contributed by atoms with Crippen LogP contribution in [-0.4, -0.2) is 51.7 Å². The van der Waals surface area contributed by atoms with Gasteiger partial charge in [0.25, 0.3) is 0 Å². The van der Waals surface area contributed by atoms with Gasteiger partial charge in [0.1, 0.15) is 17.1 Å². The average molecular weight is 406 g/mol. The molecule has 30 heavy (non-hydrogen) atoms. The molecule has 0 fully saturated rings. The van der Waals surface area contributed by atoms with E-state index in [1.54, 1.807) is 11.1 Å². The molecule has 1 aliphatic heterocycles. The molecule has 4 heterocycles. The van der Waals surface area contributed by atoms with Gasteiger partial charge in [-0.1, -0.05) is 6.08 Å². The SMILES string of the molecule is CNc1ncccc1-c1ccnc2[nH]c(C3=CCN(C(=O)OC(C)(C)C)CC3)cc12. The highest BCUT2D eigenvalue weighted by atomic mass is 16.6. The maximum absolute atomic E-state index is 12.3. The lowest BCUT2D eigenvalue weighted by molar-refractivity contribution is 0.0270. The Morgan fingerprint density at radius 1 is 1.20 bits per heavy atom. The number of hydrogen-bond donors (Lipinski definition) is 2. The van der Waals surface area contributed by atoms with Crippen molar-refractivity contribution >= 4 is 28.5 Å². The molecular weight excluding hydrogens is 378 g/mol. The van der Waals surface area contributed by atoms with Gasteiger partial charge in [-0.25, -0.2) is 14.8 Å². The molecule has 2 N–H and O–H groups in total. The number of ether oxygens (including phenoxy) is 1. The van der Waals surface area contributed by atoms with E-state index in [0.717, 1.165) is 40.1 Å². The predicted octanol–water partition coefficient (Wildman–Crippen LogP) is 4.69. The fourth-order valence-corrected chi connectivity index (χ4v) is 3.66. The Balaban J connectivity index is 1.62. The van der Waals surface area contributed by atoms with Crippen LogP contribution in [0.15, 0.2) is 42.7 Å². The van der Waals surface area contributed by atoms with Gasteiger partial charge in [0.2, 0.25) is 0 Å². The largest absolute Gasteiger partial charge is 0.444 e. The van der Waals surface area contributed by atoms with E-state index < -0.39 is 5.60 Å². The number of carbonyl (C=O) groups excluding carboxylic acids is 1. The van der Waals surface area contributed by atoms with Crippen LogP contribution in [-0.2, 0) is 4.74 Å². The van der Waals surface area contributed by atoms with Crippen LogP contribution in [0.25, 0.3) is 27.7 Å². The van der Waals surface area contributed by atoms with Crippen LogP contribution >= 0.6 is 0 Å². The van der Waals surface area contributed by atoms with Gasteiger partial charge in [-0.15, -0.1) is 0 Å². The summed E-state index contributed by atoms with van der Waals surface area (Å²) in [6.07, 6.45) is 6.16. The van der Waals surface area contributed by atoms with Gasteiger partial charge in [-0.05, 0) is 62.6 Å². The molecule has 3 aromatic rings. The standard InChI is InChI=1S/C23H27N5O2/c1-23(2,3)30-22(29)28-12-8-15(9-13-28)19-14-18-16(7-11-26-21(18)27-19)17-6-5-10-25-20(17)24-4/h5-8,10-11,14H,9,12-13H2,1-4H3,(H,24,25)(H,26,27). The van der Waals surface area contributed by atoms with Crippen molar-refractivity contribution in [3.63, 3.8) is 0 Å². The van der Waals surface area contributed by atoms with Crippen LogP contribution in [0.4, 0.5) is 10.6 Å². The summed E-state index contributed by atoms with van der Waals surface area (Å²) in [5.41, 5.74) is 4.67. The third kappa shape index (κ3) is 4.01. The Morgan fingerprint density at radius 2 is 2.03 bits per heavy atom. The van der Waals surface area contributed by atoms with E-state index in [2.05, 4.69) is 38.5 Å². The van der Waals surface area contributed by atoms with E-state index in [9.17, 15) is 4.79 Å². The Bertz CT molecular complexity index is 1110. The first kappa shape index (κ1) is 19.9. The maximum atomic E-state index is 12.3. The van der Waals surface area contributed by atoms with Crippen molar-refractivity contribution in [1.29, 1.82) is 0 Å². The van der Waals surface area contributed by atoms with Crippen molar-refractivity contribution in [3.8, 4) is 11.1 Å². The van der Waals surface area contributed by atoms with Gasteiger partial charge >= 0.3 is 6.09 Å². The summed E-state index contributed by atoms with van der Waals surface area (Å²) in [6.45, 7) is 6.81. The first-order valence-electron chi connectivity index (χ1n) is 10.1. The maximum Gasteiger partial charge on any atom is 0.410 e. The minimum Gasteiger partial charge on any atom is -0.444 e. The van der Waals surface area contributed by atoms with Crippen LogP contribution in [0, 0.1) is 0 Å². The number of H-pyrrole nitrogens is 1. The molecule has 0 radical (unpaired) electrons. The number of carbonyl (C=O) groups is 1. The first-order valence-corrected chi connectivity index (χ1v) is 10.1. The molecule has 1 aliphatic rings. The number of nitrogens with one attached hydrogen (secondary N) is 2. The molecule has 1 amide bonds. The summed E-state index contributed by atoms with van der Waals surface area (Å²) in [5, 5.41) is 4.21. The summed E-state index contributed by atoms with van der Waals surface area (Å²) in [6, 6.07) is 8.14. The van der Waals surface area contributed by atoms with Crippen LogP contribution in [0.5, 0.6) is 0 Å². The van der Waals surface area contributed by atoms with Gasteiger partial charge < -0.3 is 19.9 Å². The minimum absolute atomic E-state index is 0.269. The van der Waals surface area contributed by atoms with Crippen molar-refractivity contribution < 1.29 is 9.53 Å². The van der Waals surface area contributed by atoms with Crippen LogP contribution < -0.4 is 5.32 Å². The Kier molecular flexibility index (Phi) is 5.20. The minimum atomic E-state index is -0.487. The van der Waals surface area contributed by atoms with E-state index in [1.165, 1.54) is 5.57 Å². The van der Waals surface area contributed by atoms with Crippen molar-refractivity contribution in [2.75, 3.05) is 25.5 Å². The van der Waals surface area contributed by atoms with Crippen molar-refractivity contribution in [2.24, 2.45) is 0 Å². The summed E-state index contributed by atoms with van der Waals surface area (Å²) < 4.78 is 5.48. The van der Waals surface area contributed by atoms with Gasteiger partial charge in [0.15, 0.2) is 0 Å². The third-order valence-electron chi connectivity index (χ3n) is 5.07. The zero-order valence-corrected chi connectivity index (χ0v) is 17.8. The average Bonchev–Trinajstić information content (AvgIpc) is 3.17. The van der Waals surface area contributed by atoms with E-state index in [-0.39, 0.29) is 6.09 Å². The number of anilines is 1. The fourth-order valence-electron chi connectivity index (χ4n) is 3.66. The molecule has 156 valence electrons. The molecular formula is C23H27N5O2. The monoisotopic (exact) mass is 405 g/mol. The highest BCUT2D eigenvalue weighted by Gasteiger charge is 2.24. The first-order chi connectivity index (χ1) is 14.4. The second-order valence-electron chi connectivity index (χ2n) is 8.36. The summed E-state index contributed by atoms with van der Waals surface area (Å²) in [4.78, 5) is 26.4. The van der Waals surface area contributed by atoms with Crippen LogP contribution in [0.3, 0.4) is 0 Å². The zero-order valence-electron chi connectivity index (χ0n) is 17.8. The Morgan fingerprint density at radius 3 is 2.73 bits per heavy atom. The van der Waals surface area contributed by atoms with Crippen molar-refractivity contribution in [2.45, 2.75) is 32.8 Å². The molecule has 0 atom stereocenters. The molecule has 0 bridgehead atoms. The van der Waals surface area contributed by atoms with Crippen LogP contribution in [0.2, 0.25) is 0 Å². The molecule has 7 nitrogen and oxygen atoms in total. The normalized spacial score (nSPS) is 14.5. The molecule has 7 heteroatoms. The lowest BCUT2D eigenvalue weighted by Crippen LogP contribution is -2.39. The summed E-state index contributed by atoms with van der Waals surface area (Å²) in [5.74, 6) is 0.831. The van der Waals surface area contributed by atoms with E-state index >= 15 is 0 Å².